The first-order valence-electron chi connectivity index (χ1n) is 6.81. The number of primary amides is 1. The number of aryl methyl sites for hydroxylation is 1. The molecule has 2 amide bonds. The summed E-state index contributed by atoms with van der Waals surface area (Å²) < 4.78 is 10.0. The van der Waals surface area contributed by atoms with Gasteiger partial charge in [-0.25, -0.2) is 4.79 Å². The Hall–Kier alpha value is -1.76. The van der Waals surface area contributed by atoms with Gasteiger partial charge in [0, 0.05) is 18.5 Å². The molecule has 0 aliphatic carbocycles. The Morgan fingerprint density at radius 1 is 1.57 bits per heavy atom. The second-order valence-electron chi connectivity index (χ2n) is 5.03. The quantitative estimate of drug-likeness (QED) is 0.833. The number of esters is 1. The van der Waals surface area contributed by atoms with Gasteiger partial charge in [-0.05, 0) is 37.8 Å². The fourth-order valence-electron chi connectivity index (χ4n) is 2.43. The molecule has 1 fully saturated rings. The first-order valence-corrected chi connectivity index (χ1v) is 7.19. The molecule has 1 saturated heterocycles. The smallest absolute Gasteiger partial charge is 0.315 e. The highest BCUT2D eigenvalue weighted by Gasteiger charge is 2.28. The minimum atomic E-state index is -0.472. The molecule has 7 nitrogen and oxygen atoms in total. The molecule has 8 heteroatoms. The molecular formula is C13H18ClN3O4. The number of hydrogen-bond acceptors (Lipinski definition) is 5. The molecular weight excluding hydrogens is 298 g/mol. The highest BCUT2D eigenvalue weighted by molar-refractivity contribution is 6.29. The van der Waals surface area contributed by atoms with Gasteiger partial charge < -0.3 is 19.9 Å². The summed E-state index contributed by atoms with van der Waals surface area (Å²) in [6.45, 7) is 2.56. The third kappa shape index (κ3) is 3.87. The van der Waals surface area contributed by atoms with Gasteiger partial charge in [0.05, 0.1) is 11.7 Å². The van der Waals surface area contributed by atoms with Crippen molar-refractivity contribution in [2.45, 2.75) is 38.6 Å². The number of halogens is 1. The molecule has 1 aromatic heterocycles. The highest BCUT2D eigenvalue weighted by atomic mass is 35.5. The van der Waals surface area contributed by atoms with Crippen LogP contribution in [0.25, 0.3) is 0 Å². The van der Waals surface area contributed by atoms with Crippen LogP contribution in [0.2, 0.25) is 5.22 Å². The van der Waals surface area contributed by atoms with E-state index in [4.69, 9.17) is 26.6 Å². The lowest BCUT2D eigenvalue weighted by Gasteiger charge is -2.22. The van der Waals surface area contributed by atoms with E-state index >= 15 is 0 Å². The van der Waals surface area contributed by atoms with Crippen molar-refractivity contribution in [1.29, 1.82) is 0 Å². The number of aromatic nitrogens is 1. The van der Waals surface area contributed by atoms with Gasteiger partial charge in [0.15, 0.2) is 0 Å². The maximum atomic E-state index is 11.7. The zero-order valence-corrected chi connectivity index (χ0v) is 12.6. The lowest BCUT2D eigenvalue weighted by atomic mass is 10.1. The van der Waals surface area contributed by atoms with E-state index in [9.17, 15) is 9.59 Å². The zero-order valence-electron chi connectivity index (χ0n) is 11.8. The number of amides is 2. The minimum Gasteiger partial charge on any atom is -0.463 e. The first-order chi connectivity index (χ1) is 9.99. The van der Waals surface area contributed by atoms with Gasteiger partial charge in [-0.1, -0.05) is 5.16 Å². The van der Waals surface area contributed by atoms with Gasteiger partial charge in [0.25, 0.3) is 0 Å². The van der Waals surface area contributed by atoms with Crippen LogP contribution in [-0.4, -0.2) is 41.3 Å². The van der Waals surface area contributed by atoms with Crippen LogP contribution < -0.4 is 5.73 Å². The summed E-state index contributed by atoms with van der Waals surface area (Å²) in [5.41, 5.74) is 6.65. The lowest BCUT2D eigenvalue weighted by molar-refractivity contribution is -0.144. The molecule has 0 bridgehead atoms. The van der Waals surface area contributed by atoms with E-state index in [1.807, 2.05) is 0 Å². The molecule has 2 N–H and O–H groups in total. The third-order valence-electron chi connectivity index (χ3n) is 3.61. The summed E-state index contributed by atoms with van der Waals surface area (Å²) in [6.07, 6.45) is 2.27. The molecule has 1 unspecified atom stereocenters. The second-order valence-corrected chi connectivity index (χ2v) is 5.37. The number of hydrogen-bond donors (Lipinski definition) is 1. The standard InChI is InChI=1S/C13H18ClN3O4/c1-8-10(12(14)21-16-8)4-5-11(18)20-7-9-3-2-6-17(9)13(15)19/h9H,2-7H2,1H3,(H2,15,19). The number of likely N-dealkylation sites (tertiary alicyclic amines) is 1. The summed E-state index contributed by atoms with van der Waals surface area (Å²) in [4.78, 5) is 24.5. The van der Waals surface area contributed by atoms with Crippen LogP contribution in [-0.2, 0) is 16.0 Å². The maximum Gasteiger partial charge on any atom is 0.315 e. The van der Waals surface area contributed by atoms with Crippen LogP contribution in [0.15, 0.2) is 4.52 Å². The van der Waals surface area contributed by atoms with E-state index in [0.717, 1.165) is 12.8 Å². The van der Waals surface area contributed by atoms with E-state index < -0.39 is 6.03 Å². The van der Waals surface area contributed by atoms with Crippen molar-refractivity contribution in [3.05, 3.63) is 16.5 Å². The van der Waals surface area contributed by atoms with E-state index in [1.165, 1.54) is 4.90 Å². The summed E-state index contributed by atoms with van der Waals surface area (Å²) >= 11 is 5.82. The van der Waals surface area contributed by atoms with Gasteiger partial charge in [-0.15, -0.1) is 0 Å². The molecule has 0 saturated carbocycles. The Kier molecular flexibility index (Phi) is 5.06. The van der Waals surface area contributed by atoms with Gasteiger partial charge in [0.1, 0.15) is 6.61 Å². The number of carbonyl (C=O) groups is 2. The van der Waals surface area contributed by atoms with Gasteiger partial charge in [-0.2, -0.15) is 0 Å². The molecule has 1 atom stereocenters. The summed E-state index contributed by atoms with van der Waals surface area (Å²) in [6, 6.07) is -0.590. The molecule has 2 heterocycles. The van der Waals surface area contributed by atoms with Crippen molar-refractivity contribution in [3.63, 3.8) is 0 Å². The highest BCUT2D eigenvalue weighted by Crippen LogP contribution is 2.21. The topological polar surface area (TPSA) is 98.7 Å². The molecule has 0 radical (unpaired) electrons. The monoisotopic (exact) mass is 315 g/mol. The van der Waals surface area contributed by atoms with Gasteiger partial charge >= 0.3 is 12.0 Å². The van der Waals surface area contributed by atoms with E-state index in [-0.39, 0.29) is 30.3 Å². The normalized spacial score (nSPS) is 18.0. The Balaban J connectivity index is 1.76. The molecule has 1 aromatic rings. The van der Waals surface area contributed by atoms with E-state index in [0.29, 0.717) is 24.2 Å². The molecule has 2 rings (SSSR count). The van der Waals surface area contributed by atoms with Crippen molar-refractivity contribution >= 4 is 23.6 Å². The molecule has 1 aliphatic heterocycles. The van der Waals surface area contributed by atoms with Crippen molar-refractivity contribution in [3.8, 4) is 0 Å². The number of urea groups is 1. The molecule has 0 spiro atoms. The van der Waals surface area contributed by atoms with Crippen LogP contribution in [0.5, 0.6) is 0 Å². The predicted molar refractivity (Wildman–Crippen MR) is 74.8 cm³/mol. The van der Waals surface area contributed by atoms with Gasteiger partial charge in [0.2, 0.25) is 5.22 Å². The fraction of sp³-hybridized carbons (Fsp3) is 0.615. The summed E-state index contributed by atoms with van der Waals surface area (Å²) in [5.74, 6) is -0.344. The Bertz CT molecular complexity index is 512. The molecule has 116 valence electrons. The van der Waals surface area contributed by atoms with Crippen molar-refractivity contribution in [2.24, 2.45) is 5.73 Å². The number of rotatable bonds is 5. The van der Waals surface area contributed by atoms with Crippen molar-refractivity contribution < 1.29 is 18.8 Å². The third-order valence-corrected chi connectivity index (χ3v) is 3.91. The minimum absolute atomic E-state index is 0.118. The Morgan fingerprint density at radius 3 is 2.95 bits per heavy atom. The largest absolute Gasteiger partial charge is 0.463 e. The molecule has 21 heavy (non-hydrogen) atoms. The van der Waals surface area contributed by atoms with Crippen molar-refractivity contribution in [1.82, 2.24) is 10.1 Å². The average molecular weight is 316 g/mol. The van der Waals surface area contributed by atoms with E-state index in [2.05, 4.69) is 5.16 Å². The Morgan fingerprint density at radius 2 is 2.33 bits per heavy atom. The van der Waals surface area contributed by atoms with Crippen LogP contribution in [0.3, 0.4) is 0 Å². The maximum absolute atomic E-state index is 11.7. The van der Waals surface area contributed by atoms with Crippen molar-refractivity contribution in [2.75, 3.05) is 13.2 Å². The average Bonchev–Trinajstić information content (AvgIpc) is 3.02. The van der Waals surface area contributed by atoms with Crippen LogP contribution in [0, 0.1) is 6.92 Å². The summed E-state index contributed by atoms with van der Waals surface area (Å²) in [5, 5.41) is 3.92. The van der Waals surface area contributed by atoms with Crippen LogP contribution in [0.1, 0.15) is 30.5 Å². The molecule has 1 aliphatic rings. The molecule has 0 aromatic carbocycles. The predicted octanol–water partition coefficient (Wildman–Crippen LogP) is 1.66. The zero-order chi connectivity index (χ0) is 15.4. The SMILES string of the molecule is Cc1noc(Cl)c1CCC(=O)OCC1CCCN1C(N)=O. The fourth-order valence-corrected chi connectivity index (χ4v) is 2.69. The first kappa shape index (κ1) is 15.6. The Labute approximate surface area is 127 Å². The second kappa shape index (κ2) is 6.80. The van der Waals surface area contributed by atoms with Gasteiger partial charge in [-0.3, -0.25) is 4.79 Å². The van der Waals surface area contributed by atoms with Crippen LogP contribution in [0.4, 0.5) is 4.79 Å². The van der Waals surface area contributed by atoms with Crippen LogP contribution >= 0.6 is 11.6 Å². The number of nitrogens with two attached hydrogens (primary N) is 1. The number of carbonyl (C=O) groups excluding carboxylic acids is 2. The van der Waals surface area contributed by atoms with E-state index in [1.54, 1.807) is 6.92 Å². The lowest BCUT2D eigenvalue weighted by Crippen LogP contribution is -2.41. The number of nitrogens with zero attached hydrogens (tertiary/aromatic N) is 2. The summed E-state index contributed by atoms with van der Waals surface area (Å²) in [7, 11) is 0. The number of ether oxygens (including phenoxy) is 1.